The van der Waals surface area contributed by atoms with Crippen LogP contribution in [0.4, 0.5) is 4.79 Å². The third-order valence-electron chi connectivity index (χ3n) is 4.05. The summed E-state index contributed by atoms with van der Waals surface area (Å²) in [5.74, 6) is -1.36. The summed E-state index contributed by atoms with van der Waals surface area (Å²) in [7, 11) is 1.20. The number of alkyl carbamates (subject to hydrolysis) is 1. The van der Waals surface area contributed by atoms with Crippen LogP contribution in [-0.4, -0.2) is 37.1 Å². The molecule has 0 saturated heterocycles. The summed E-state index contributed by atoms with van der Waals surface area (Å²) in [5.41, 5.74) is 4.44. The van der Waals surface area contributed by atoms with E-state index in [4.69, 9.17) is 9.84 Å². The van der Waals surface area contributed by atoms with E-state index in [0.717, 1.165) is 22.3 Å². The third-order valence-corrected chi connectivity index (χ3v) is 4.05. The molecule has 6 heteroatoms. The minimum atomic E-state index is -1.43. The fraction of sp³-hybridized carbons (Fsp3) is 0.222. The molecule has 1 aliphatic rings. The smallest absolute Gasteiger partial charge is 0.409 e. The Morgan fingerprint density at radius 1 is 1.08 bits per heavy atom. The Morgan fingerprint density at radius 2 is 1.62 bits per heavy atom. The summed E-state index contributed by atoms with van der Waals surface area (Å²) in [5, 5.41) is 11.0. The summed E-state index contributed by atoms with van der Waals surface area (Å²) in [6.07, 6.45) is -2.26. The van der Waals surface area contributed by atoms with Crippen LogP contribution in [0.25, 0.3) is 11.1 Å². The molecule has 2 N–H and O–H groups in total. The normalized spacial score (nSPS) is 13.7. The van der Waals surface area contributed by atoms with E-state index in [1.165, 1.54) is 7.11 Å². The molecule has 6 nitrogen and oxygen atoms in total. The van der Waals surface area contributed by atoms with E-state index >= 15 is 0 Å². The topological polar surface area (TPSA) is 84.9 Å². The number of hydrogen-bond donors (Lipinski definition) is 2. The van der Waals surface area contributed by atoms with Crippen molar-refractivity contribution in [2.75, 3.05) is 13.7 Å². The number of ether oxygens (including phenoxy) is 2. The molecule has 1 atom stereocenters. The zero-order valence-corrected chi connectivity index (χ0v) is 13.1. The summed E-state index contributed by atoms with van der Waals surface area (Å²) >= 11 is 0. The number of methoxy groups -OCH3 is 1. The van der Waals surface area contributed by atoms with Crippen LogP contribution in [-0.2, 0) is 14.3 Å². The van der Waals surface area contributed by atoms with Crippen LogP contribution in [0.15, 0.2) is 48.5 Å². The molecule has 0 spiro atoms. The van der Waals surface area contributed by atoms with E-state index in [0.29, 0.717) is 0 Å². The van der Waals surface area contributed by atoms with Gasteiger partial charge in [0.1, 0.15) is 6.61 Å². The van der Waals surface area contributed by atoms with Crippen LogP contribution in [0.5, 0.6) is 0 Å². The number of hydrogen-bond acceptors (Lipinski definition) is 4. The lowest BCUT2D eigenvalue weighted by atomic mass is 9.98. The fourth-order valence-corrected chi connectivity index (χ4v) is 2.97. The van der Waals surface area contributed by atoms with E-state index in [1.54, 1.807) is 0 Å². The first-order valence-corrected chi connectivity index (χ1v) is 7.49. The van der Waals surface area contributed by atoms with Gasteiger partial charge in [0.25, 0.3) is 0 Å². The Kier molecular flexibility index (Phi) is 4.48. The molecule has 2 aromatic carbocycles. The van der Waals surface area contributed by atoms with E-state index in [9.17, 15) is 9.59 Å². The molecule has 0 aliphatic heterocycles. The van der Waals surface area contributed by atoms with Crippen LogP contribution in [0.3, 0.4) is 0 Å². The Morgan fingerprint density at radius 3 is 2.12 bits per heavy atom. The standard InChI is InChI=1S/C18H17NO5/c1-23-16(17(20)21)19-18(22)24-10-15-13-8-4-2-6-11(13)12-7-3-5-9-14(12)15/h2-9,15-16H,10H2,1H3,(H,19,22)(H,20,21)/t16-/m0/s1. The van der Waals surface area contributed by atoms with Gasteiger partial charge in [-0.25, -0.2) is 9.59 Å². The van der Waals surface area contributed by atoms with Crippen molar-refractivity contribution in [3.05, 3.63) is 59.7 Å². The lowest BCUT2D eigenvalue weighted by Gasteiger charge is -2.16. The van der Waals surface area contributed by atoms with Gasteiger partial charge in [0, 0.05) is 13.0 Å². The van der Waals surface area contributed by atoms with Gasteiger partial charge in [-0.1, -0.05) is 48.5 Å². The zero-order valence-electron chi connectivity index (χ0n) is 13.1. The van der Waals surface area contributed by atoms with Gasteiger partial charge < -0.3 is 14.6 Å². The SMILES string of the molecule is CO[C@H](NC(=O)OCC1c2ccccc2-c2ccccc21)C(=O)O. The summed E-state index contributed by atoms with van der Waals surface area (Å²) in [6.45, 7) is 0.121. The van der Waals surface area contributed by atoms with Crippen LogP contribution in [0.2, 0.25) is 0 Å². The predicted molar refractivity (Wildman–Crippen MR) is 86.6 cm³/mol. The Hall–Kier alpha value is -2.86. The summed E-state index contributed by atoms with van der Waals surface area (Å²) in [4.78, 5) is 22.7. The summed E-state index contributed by atoms with van der Waals surface area (Å²) < 4.78 is 9.88. The highest BCUT2D eigenvalue weighted by atomic mass is 16.6. The molecular weight excluding hydrogens is 310 g/mol. The molecule has 1 amide bonds. The quantitative estimate of drug-likeness (QED) is 0.825. The van der Waals surface area contributed by atoms with Gasteiger partial charge in [-0.05, 0) is 22.3 Å². The second-order valence-electron chi connectivity index (χ2n) is 5.42. The van der Waals surface area contributed by atoms with Crippen LogP contribution >= 0.6 is 0 Å². The van der Waals surface area contributed by atoms with Crippen LogP contribution in [0.1, 0.15) is 17.0 Å². The van der Waals surface area contributed by atoms with Crippen molar-refractivity contribution in [1.29, 1.82) is 0 Å². The van der Waals surface area contributed by atoms with Gasteiger partial charge in [0.15, 0.2) is 0 Å². The van der Waals surface area contributed by atoms with Crippen molar-refractivity contribution >= 4 is 12.1 Å². The first-order chi connectivity index (χ1) is 11.6. The number of aliphatic carboxylic acids is 1. The minimum absolute atomic E-state index is 0.0750. The van der Waals surface area contributed by atoms with Crippen molar-refractivity contribution in [3.8, 4) is 11.1 Å². The molecule has 3 rings (SSSR count). The lowest BCUT2D eigenvalue weighted by molar-refractivity contribution is -0.150. The molecule has 0 heterocycles. The molecular formula is C18H17NO5. The van der Waals surface area contributed by atoms with Crippen LogP contribution in [0, 0.1) is 0 Å². The van der Waals surface area contributed by atoms with Crippen molar-refractivity contribution in [2.24, 2.45) is 0 Å². The second kappa shape index (κ2) is 6.72. The molecule has 124 valence electrons. The van der Waals surface area contributed by atoms with Crippen molar-refractivity contribution in [3.63, 3.8) is 0 Å². The molecule has 2 aromatic rings. The van der Waals surface area contributed by atoms with Crippen molar-refractivity contribution < 1.29 is 24.2 Å². The largest absolute Gasteiger partial charge is 0.478 e. The number of carboxylic acids is 1. The average Bonchev–Trinajstić information content (AvgIpc) is 2.91. The van der Waals surface area contributed by atoms with Crippen molar-refractivity contribution in [2.45, 2.75) is 12.1 Å². The fourth-order valence-electron chi connectivity index (χ4n) is 2.97. The first-order valence-electron chi connectivity index (χ1n) is 7.49. The maximum Gasteiger partial charge on any atom is 0.409 e. The molecule has 0 saturated carbocycles. The van der Waals surface area contributed by atoms with Crippen LogP contribution < -0.4 is 5.32 Å². The maximum absolute atomic E-state index is 11.8. The first kappa shape index (κ1) is 16.0. The number of nitrogens with one attached hydrogen (secondary N) is 1. The number of rotatable bonds is 5. The van der Waals surface area contributed by atoms with Gasteiger partial charge >= 0.3 is 12.1 Å². The Balaban J connectivity index is 1.74. The van der Waals surface area contributed by atoms with Gasteiger partial charge in [-0.15, -0.1) is 0 Å². The monoisotopic (exact) mass is 327 g/mol. The number of carbonyl (C=O) groups excluding carboxylic acids is 1. The molecule has 0 fully saturated rings. The third kappa shape index (κ3) is 2.96. The highest BCUT2D eigenvalue weighted by Crippen LogP contribution is 2.44. The van der Waals surface area contributed by atoms with E-state index in [-0.39, 0.29) is 12.5 Å². The number of amides is 1. The van der Waals surface area contributed by atoms with Gasteiger partial charge in [0.2, 0.25) is 6.23 Å². The Labute approximate surface area is 139 Å². The predicted octanol–water partition coefficient (Wildman–Crippen LogP) is 2.58. The molecule has 0 aromatic heterocycles. The number of carbonyl (C=O) groups is 2. The molecule has 1 aliphatic carbocycles. The number of fused-ring (bicyclic) bond motifs is 3. The van der Waals surface area contributed by atoms with Gasteiger partial charge in [0.05, 0.1) is 0 Å². The number of carboxylic acid groups (broad SMARTS) is 1. The van der Waals surface area contributed by atoms with E-state index in [1.807, 2.05) is 48.5 Å². The highest BCUT2D eigenvalue weighted by molar-refractivity contribution is 5.80. The molecule has 24 heavy (non-hydrogen) atoms. The lowest BCUT2D eigenvalue weighted by Crippen LogP contribution is -2.42. The van der Waals surface area contributed by atoms with Crippen molar-refractivity contribution in [1.82, 2.24) is 5.32 Å². The maximum atomic E-state index is 11.8. The van der Waals surface area contributed by atoms with Gasteiger partial charge in [-0.2, -0.15) is 0 Å². The molecule has 0 bridgehead atoms. The average molecular weight is 327 g/mol. The molecule has 0 unspecified atom stereocenters. The highest BCUT2D eigenvalue weighted by Gasteiger charge is 2.29. The molecule has 0 radical (unpaired) electrons. The Bertz CT molecular complexity index is 728. The van der Waals surface area contributed by atoms with Gasteiger partial charge in [-0.3, -0.25) is 5.32 Å². The summed E-state index contributed by atoms with van der Waals surface area (Å²) in [6, 6.07) is 15.9. The minimum Gasteiger partial charge on any atom is -0.478 e. The van der Waals surface area contributed by atoms with E-state index in [2.05, 4.69) is 10.1 Å². The second-order valence-corrected chi connectivity index (χ2v) is 5.42. The van der Waals surface area contributed by atoms with E-state index < -0.39 is 18.3 Å². The number of benzene rings is 2. The zero-order chi connectivity index (χ0) is 17.1.